The molecule has 3 aromatic rings. The van der Waals surface area contributed by atoms with Gasteiger partial charge in [0.25, 0.3) is 5.91 Å². The molecule has 0 aliphatic carbocycles. The van der Waals surface area contributed by atoms with E-state index in [1.165, 1.54) is 35.4 Å². The number of hydrogen-bond acceptors (Lipinski definition) is 5. The van der Waals surface area contributed by atoms with Gasteiger partial charge in [0, 0.05) is 35.8 Å². The molecule has 0 fully saturated rings. The number of rotatable bonds is 5. The number of aliphatic imine (C=N–C) groups is 1. The Morgan fingerprint density at radius 3 is 2.25 bits per heavy atom. The van der Waals surface area contributed by atoms with Gasteiger partial charge in [-0.3, -0.25) is 19.7 Å². The lowest BCUT2D eigenvalue weighted by Crippen LogP contribution is -2.41. The zero-order valence-corrected chi connectivity index (χ0v) is 18.1. The average Bonchev–Trinajstić information content (AvgIpc) is 3.03. The number of amides is 1. The van der Waals surface area contributed by atoms with Gasteiger partial charge < -0.3 is 5.73 Å². The third-order valence-electron chi connectivity index (χ3n) is 5.71. The van der Waals surface area contributed by atoms with Gasteiger partial charge in [0.15, 0.2) is 11.5 Å². The smallest absolute Gasteiger partial charge is 0.266 e. The van der Waals surface area contributed by atoms with E-state index >= 15 is 0 Å². The molecule has 0 saturated carbocycles. The van der Waals surface area contributed by atoms with Gasteiger partial charge in [-0.1, -0.05) is 19.9 Å². The molecule has 8 heteroatoms. The van der Waals surface area contributed by atoms with Crippen LogP contribution in [-0.2, 0) is 23.2 Å². The fraction of sp³-hybridized carbons (Fsp3) is 0.250. The number of guanidine groups is 1. The number of hydrogen-bond donors (Lipinski definition) is 1. The van der Waals surface area contributed by atoms with E-state index in [0.717, 1.165) is 17.6 Å². The second-order valence-electron chi connectivity index (χ2n) is 7.68. The highest BCUT2D eigenvalue weighted by Gasteiger charge is 2.50. The quantitative estimate of drug-likeness (QED) is 0.664. The number of carbonyl (C=O) groups is 1. The summed E-state index contributed by atoms with van der Waals surface area (Å²) in [5.41, 5.74) is 7.59. The first-order valence-electron chi connectivity index (χ1n) is 10.3. The molecule has 1 aliphatic rings. The van der Waals surface area contributed by atoms with Crippen LogP contribution in [0.4, 0.5) is 8.78 Å². The van der Waals surface area contributed by atoms with Gasteiger partial charge in [-0.15, -0.1) is 0 Å². The zero-order valence-electron chi connectivity index (χ0n) is 18.1. The molecule has 1 atom stereocenters. The lowest BCUT2D eigenvalue weighted by atomic mass is 9.81. The Morgan fingerprint density at radius 2 is 1.69 bits per heavy atom. The molecule has 32 heavy (non-hydrogen) atoms. The van der Waals surface area contributed by atoms with Crippen LogP contribution in [0.3, 0.4) is 0 Å². The molecule has 1 aromatic carbocycles. The number of halogens is 2. The minimum Gasteiger partial charge on any atom is -0.369 e. The van der Waals surface area contributed by atoms with E-state index in [2.05, 4.69) is 15.0 Å². The second-order valence-corrected chi connectivity index (χ2v) is 7.68. The number of aryl methyl sites for hydroxylation is 2. The number of nitrogens with zero attached hydrogens (tertiary/aromatic N) is 4. The van der Waals surface area contributed by atoms with Crippen molar-refractivity contribution in [2.45, 2.75) is 32.2 Å². The minimum atomic E-state index is -1.50. The fourth-order valence-electron chi connectivity index (χ4n) is 3.94. The van der Waals surface area contributed by atoms with E-state index in [1.54, 1.807) is 7.05 Å². The van der Waals surface area contributed by atoms with Gasteiger partial charge in [0.1, 0.15) is 11.6 Å². The van der Waals surface area contributed by atoms with Crippen molar-refractivity contribution in [1.82, 2.24) is 14.9 Å². The maximum Gasteiger partial charge on any atom is 0.266 e. The van der Waals surface area contributed by atoms with E-state index in [0.29, 0.717) is 24.0 Å². The largest absolute Gasteiger partial charge is 0.369 e. The van der Waals surface area contributed by atoms with Crippen molar-refractivity contribution in [3.05, 3.63) is 82.9 Å². The summed E-state index contributed by atoms with van der Waals surface area (Å²) in [6.07, 6.45) is 3.76. The summed E-state index contributed by atoms with van der Waals surface area (Å²) in [6.45, 7) is 3.96. The Hall–Kier alpha value is -3.68. The van der Waals surface area contributed by atoms with Crippen molar-refractivity contribution in [3.8, 4) is 11.1 Å². The molecule has 1 amide bonds. The molecule has 6 nitrogen and oxygen atoms in total. The molecule has 1 aliphatic heterocycles. The first-order chi connectivity index (χ1) is 15.3. The third-order valence-corrected chi connectivity index (χ3v) is 5.71. The van der Waals surface area contributed by atoms with Gasteiger partial charge in [-0.2, -0.15) is 0 Å². The lowest BCUT2D eigenvalue weighted by molar-refractivity contribution is -0.129. The minimum absolute atomic E-state index is 0.0567. The van der Waals surface area contributed by atoms with Gasteiger partial charge in [0.05, 0.1) is 6.20 Å². The van der Waals surface area contributed by atoms with Crippen molar-refractivity contribution in [2.24, 2.45) is 10.7 Å². The van der Waals surface area contributed by atoms with E-state index in [4.69, 9.17) is 5.73 Å². The number of aromatic nitrogens is 2. The average molecular weight is 435 g/mol. The monoisotopic (exact) mass is 435 g/mol. The van der Waals surface area contributed by atoms with Crippen LogP contribution in [0.2, 0.25) is 0 Å². The molecule has 4 rings (SSSR count). The number of pyridine rings is 2. The van der Waals surface area contributed by atoms with Crippen LogP contribution in [0, 0.1) is 11.6 Å². The van der Waals surface area contributed by atoms with E-state index < -0.39 is 17.2 Å². The summed E-state index contributed by atoms with van der Waals surface area (Å²) in [7, 11) is 1.55. The Bertz CT molecular complexity index is 1220. The Kier molecular flexibility index (Phi) is 5.46. The number of likely N-dealkylation sites (N-methyl/N-ethyl adjacent to an activating group) is 1. The van der Waals surface area contributed by atoms with Crippen LogP contribution in [0.15, 0.2) is 53.8 Å². The highest BCUT2D eigenvalue weighted by Crippen LogP contribution is 2.41. The lowest BCUT2D eigenvalue weighted by Gasteiger charge is -2.27. The summed E-state index contributed by atoms with van der Waals surface area (Å²) >= 11 is 0. The van der Waals surface area contributed by atoms with Crippen molar-refractivity contribution >= 4 is 11.9 Å². The van der Waals surface area contributed by atoms with Crippen LogP contribution >= 0.6 is 0 Å². The highest BCUT2D eigenvalue weighted by molar-refractivity contribution is 6.09. The molecule has 0 radical (unpaired) electrons. The molecular formula is C24H23F2N5O. The predicted octanol–water partition coefficient (Wildman–Crippen LogP) is 3.58. The van der Waals surface area contributed by atoms with Gasteiger partial charge in [-0.05, 0) is 54.3 Å². The highest BCUT2D eigenvalue weighted by atomic mass is 19.1. The Morgan fingerprint density at radius 1 is 1.00 bits per heavy atom. The van der Waals surface area contributed by atoms with E-state index in [-0.39, 0.29) is 23.0 Å². The molecular weight excluding hydrogens is 412 g/mol. The first kappa shape index (κ1) is 21.5. The van der Waals surface area contributed by atoms with Gasteiger partial charge in [0.2, 0.25) is 0 Å². The SMILES string of the molecule is CCc1cc(C2(c3ccc(F)c(-c4cncc(F)c4)c3)N=C(N)N(C)C2=O)cc(CC)n1. The van der Waals surface area contributed by atoms with E-state index in [9.17, 15) is 13.6 Å². The molecule has 164 valence electrons. The maximum atomic E-state index is 14.8. The third kappa shape index (κ3) is 3.41. The van der Waals surface area contributed by atoms with Crippen LogP contribution in [-0.4, -0.2) is 33.8 Å². The van der Waals surface area contributed by atoms with Crippen LogP contribution < -0.4 is 5.73 Å². The van der Waals surface area contributed by atoms with Crippen LogP contribution in [0.1, 0.15) is 36.4 Å². The van der Waals surface area contributed by atoms with Crippen molar-refractivity contribution in [3.63, 3.8) is 0 Å². The van der Waals surface area contributed by atoms with E-state index in [1.807, 2.05) is 26.0 Å². The molecule has 2 aromatic heterocycles. The standard InChI is InChI=1S/C24H23F2N5O/c1-4-18-9-16(10-19(5-2)29-18)24(22(32)31(3)23(27)30-24)15-6-7-21(26)20(11-15)14-8-17(25)13-28-12-14/h6-13H,4-5H2,1-3H3,(H2,27,30). The Balaban J connectivity index is 2.00. The van der Waals surface area contributed by atoms with Crippen molar-refractivity contribution < 1.29 is 13.6 Å². The summed E-state index contributed by atoms with van der Waals surface area (Å²) in [5.74, 6) is -1.46. The zero-order chi connectivity index (χ0) is 23.0. The van der Waals surface area contributed by atoms with Crippen molar-refractivity contribution in [2.75, 3.05) is 7.05 Å². The first-order valence-corrected chi connectivity index (χ1v) is 10.3. The number of nitrogens with two attached hydrogens (primary N) is 1. The molecule has 1 unspecified atom stereocenters. The molecule has 0 saturated heterocycles. The number of benzene rings is 1. The van der Waals surface area contributed by atoms with Crippen LogP contribution in [0.5, 0.6) is 0 Å². The summed E-state index contributed by atoms with van der Waals surface area (Å²) in [6, 6.07) is 9.13. The van der Waals surface area contributed by atoms with Gasteiger partial charge in [-0.25, -0.2) is 13.8 Å². The summed E-state index contributed by atoms with van der Waals surface area (Å²) in [4.78, 5) is 27.9. The normalized spacial score (nSPS) is 18.2. The molecule has 0 spiro atoms. The van der Waals surface area contributed by atoms with Gasteiger partial charge >= 0.3 is 0 Å². The molecule has 0 bridgehead atoms. The fourth-order valence-corrected chi connectivity index (χ4v) is 3.94. The van der Waals surface area contributed by atoms with Crippen LogP contribution in [0.25, 0.3) is 11.1 Å². The summed E-state index contributed by atoms with van der Waals surface area (Å²) < 4.78 is 28.5. The topological polar surface area (TPSA) is 84.5 Å². The molecule has 2 N–H and O–H groups in total. The van der Waals surface area contributed by atoms with Crippen molar-refractivity contribution in [1.29, 1.82) is 0 Å². The second kappa shape index (κ2) is 8.11. The Labute approximate surface area is 184 Å². The predicted molar refractivity (Wildman–Crippen MR) is 118 cm³/mol. The summed E-state index contributed by atoms with van der Waals surface area (Å²) in [5, 5.41) is 0. The number of carbonyl (C=O) groups excluding carboxylic acids is 1. The molecule has 3 heterocycles. The maximum absolute atomic E-state index is 14.8.